The lowest BCUT2D eigenvalue weighted by atomic mass is 10.3. The minimum atomic E-state index is 0.223. The third-order valence-electron chi connectivity index (χ3n) is 3.98. The first-order valence-corrected chi connectivity index (χ1v) is 11.4. The molecule has 0 unspecified atom stereocenters. The fraction of sp³-hybridized carbons (Fsp3) is 0.588. The van der Waals surface area contributed by atoms with Gasteiger partial charge in [0, 0.05) is 24.5 Å². The molecule has 0 radical (unpaired) electrons. The summed E-state index contributed by atoms with van der Waals surface area (Å²) in [6, 6.07) is 4.21. The van der Waals surface area contributed by atoms with Crippen LogP contribution >= 0.6 is 34.4 Å². The maximum absolute atomic E-state index is 12.4. The molecule has 136 valence electrons. The van der Waals surface area contributed by atoms with Gasteiger partial charge in [0.05, 0.1) is 5.75 Å². The highest BCUT2D eigenvalue weighted by Gasteiger charge is 2.26. The van der Waals surface area contributed by atoms with Crippen LogP contribution in [0.25, 0.3) is 0 Å². The van der Waals surface area contributed by atoms with Gasteiger partial charge in [0.1, 0.15) is 0 Å². The van der Waals surface area contributed by atoms with Gasteiger partial charge in [-0.05, 0) is 43.0 Å². The molecule has 1 aliphatic rings. The van der Waals surface area contributed by atoms with Crippen LogP contribution in [0.2, 0.25) is 0 Å². The van der Waals surface area contributed by atoms with E-state index in [2.05, 4.69) is 40.0 Å². The smallest absolute Gasteiger partial charge is 0.233 e. The van der Waals surface area contributed by atoms with E-state index in [1.807, 2.05) is 4.90 Å². The van der Waals surface area contributed by atoms with Gasteiger partial charge in [-0.2, -0.15) is 0 Å². The van der Waals surface area contributed by atoms with Crippen molar-refractivity contribution in [2.45, 2.75) is 36.9 Å². The highest BCUT2D eigenvalue weighted by atomic mass is 32.2. The Labute approximate surface area is 161 Å². The van der Waals surface area contributed by atoms with E-state index in [-0.39, 0.29) is 5.91 Å². The van der Waals surface area contributed by atoms with E-state index in [4.69, 9.17) is 0 Å². The van der Waals surface area contributed by atoms with E-state index in [1.54, 1.807) is 11.3 Å². The van der Waals surface area contributed by atoms with Gasteiger partial charge < -0.3 is 10.2 Å². The van der Waals surface area contributed by atoms with Crippen molar-refractivity contribution in [1.82, 2.24) is 15.1 Å². The lowest BCUT2D eigenvalue weighted by Gasteiger charge is -2.21. The van der Waals surface area contributed by atoms with Crippen molar-refractivity contribution in [3.63, 3.8) is 0 Å². The molecule has 2 aromatic rings. The lowest BCUT2D eigenvalue weighted by Crippen LogP contribution is -2.34. The maximum Gasteiger partial charge on any atom is 0.233 e. The average molecular weight is 397 g/mol. The van der Waals surface area contributed by atoms with Crippen molar-refractivity contribution in [3.8, 4) is 0 Å². The first-order valence-electron chi connectivity index (χ1n) is 8.75. The SMILES string of the molecule is CCCN(CC1CC1)C(=O)CSc1nnc(NCCc2cccs2)s1. The van der Waals surface area contributed by atoms with E-state index in [9.17, 15) is 4.79 Å². The molecular weight excluding hydrogens is 372 g/mol. The molecule has 3 rings (SSSR count). The Bertz CT molecular complexity index is 655. The van der Waals surface area contributed by atoms with Gasteiger partial charge >= 0.3 is 0 Å². The molecule has 1 fully saturated rings. The molecule has 0 atom stereocenters. The van der Waals surface area contributed by atoms with Crippen LogP contribution in [0.5, 0.6) is 0 Å². The van der Waals surface area contributed by atoms with Crippen LogP contribution < -0.4 is 5.32 Å². The molecule has 1 amide bonds. The summed E-state index contributed by atoms with van der Waals surface area (Å²) in [4.78, 5) is 15.8. The molecule has 5 nitrogen and oxygen atoms in total. The molecule has 0 aromatic carbocycles. The van der Waals surface area contributed by atoms with Gasteiger partial charge in [0.2, 0.25) is 11.0 Å². The molecule has 1 aliphatic carbocycles. The van der Waals surface area contributed by atoms with Crippen LogP contribution in [0.15, 0.2) is 21.9 Å². The first kappa shape index (κ1) is 18.7. The Morgan fingerprint density at radius 3 is 3.04 bits per heavy atom. The summed E-state index contributed by atoms with van der Waals surface area (Å²) in [5.41, 5.74) is 0. The summed E-state index contributed by atoms with van der Waals surface area (Å²) in [5, 5.41) is 14.6. The third kappa shape index (κ3) is 6.27. The summed E-state index contributed by atoms with van der Waals surface area (Å²) in [6.07, 6.45) is 4.56. The summed E-state index contributed by atoms with van der Waals surface area (Å²) in [5.74, 6) is 1.42. The predicted molar refractivity (Wildman–Crippen MR) is 107 cm³/mol. The Kier molecular flexibility index (Phi) is 7.12. The Morgan fingerprint density at radius 2 is 2.32 bits per heavy atom. The zero-order valence-corrected chi connectivity index (χ0v) is 16.9. The molecule has 2 heterocycles. The zero-order valence-electron chi connectivity index (χ0n) is 14.4. The van der Waals surface area contributed by atoms with E-state index in [0.717, 1.165) is 47.9 Å². The Morgan fingerprint density at radius 1 is 1.44 bits per heavy atom. The topological polar surface area (TPSA) is 58.1 Å². The number of thioether (sulfide) groups is 1. The van der Waals surface area contributed by atoms with Crippen LogP contribution in [0.3, 0.4) is 0 Å². The number of carbonyl (C=O) groups is 1. The molecule has 0 saturated heterocycles. The fourth-order valence-corrected chi connectivity index (χ4v) is 4.89. The minimum Gasteiger partial charge on any atom is -0.360 e. The number of thiophene rings is 1. The normalized spacial score (nSPS) is 13.8. The molecule has 0 aliphatic heterocycles. The molecule has 25 heavy (non-hydrogen) atoms. The summed E-state index contributed by atoms with van der Waals surface area (Å²) < 4.78 is 0.856. The van der Waals surface area contributed by atoms with E-state index >= 15 is 0 Å². The van der Waals surface area contributed by atoms with Crippen LogP contribution in [0.4, 0.5) is 5.13 Å². The number of rotatable bonds is 11. The van der Waals surface area contributed by atoms with Crippen molar-refractivity contribution < 1.29 is 4.79 Å². The number of hydrogen-bond acceptors (Lipinski definition) is 7. The number of nitrogens with one attached hydrogen (secondary N) is 1. The fourth-order valence-electron chi connectivity index (χ4n) is 2.50. The molecule has 0 bridgehead atoms. The highest BCUT2D eigenvalue weighted by molar-refractivity contribution is 8.01. The number of nitrogens with zero attached hydrogens (tertiary/aromatic N) is 3. The molecule has 0 spiro atoms. The molecule has 1 N–H and O–H groups in total. The Hall–Kier alpha value is -1.12. The molecule has 2 aromatic heterocycles. The number of hydrogen-bond donors (Lipinski definition) is 1. The maximum atomic E-state index is 12.4. The van der Waals surface area contributed by atoms with Crippen molar-refractivity contribution in [2.75, 3.05) is 30.7 Å². The van der Waals surface area contributed by atoms with E-state index < -0.39 is 0 Å². The van der Waals surface area contributed by atoms with Crippen molar-refractivity contribution in [3.05, 3.63) is 22.4 Å². The zero-order chi connectivity index (χ0) is 17.5. The van der Waals surface area contributed by atoms with E-state index in [0.29, 0.717) is 5.75 Å². The predicted octanol–water partition coefficient (Wildman–Crippen LogP) is 3.99. The van der Waals surface area contributed by atoms with Crippen molar-refractivity contribution >= 4 is 45.5 Å². The highest BCUT2D eigenvalue weighted by Crippen LogP contribution is 2.30. The van der Waals surface area contributed by atoms with Crippen LogP contribution in [-0.2, 0) is 11.2 Å². The number of amides is 1. The second kappa shape index (κ2) is 9.54. The molecular formula is C17H24N4OS3. The minimum absolute atomic E-state index is 0.223. The summed E-state index contributed by atoms with van der Waals surface area (Å²) in [6.45, 7) is 4.77. The second-order valence-electron chi connectivity index (χ2n) is 6.20. The van der Waals surface area contributed by atoms with Crippen LogP contribution in [0, 0.1) is 5.92 Å². The molecule has 1 saturated carbocycles. The van der Waals surface area contributed by atoms with Gasteiger partial charge in [0.25, 0.3) is 0 Å². The Balaban J connectivity index is 1.40. The summed E-state index contributed by atoms with van der Waals surface area (Å²) in [7, 11) is 0. The van der Waals surface area contributed by atoms with Crippen LogP contribution in [-0.4, -0.2) is 46.4 Å². The van der Waals surface area contributed by atoms with Gasteiger partial charge in [-0.3, -0.25) is 4.79 Å². The number of aromatic nitrogens is 2. The van der Waals surface area contributed by atoms with E-state index in [1.165, 1.54) is 40.8 Å². The van der Waals surface area contributed by atoms with Gasteiger partial charge in [-0.1, -0.05) is 36.1 Å². The monoisotopic (exact) mass is 396 g/mol. The standard InChI is InChI=1S/C17H24N4OS3/c1-2-9-21(11-13-5-6-13)15(22)12-24-17-20-19-16(25-17)18-8-7-14-4-3-10-23-14/h3-4,10,13H,2,5-9,11-12H2,1H3,(H,18,19). The second-order valence-corrected chi connectivity index (χ2v) is 9.43. The van der Waals surface area contributed by atoms with Crippen molar-refractivity contribution in [2.24, 2.45) is 5.92 Å². The number of carbonyl (C=O) groups excluding carboxylic acids is 1. The molecule has 8 heteroatoms. The quantitative estimate of drug-likeness (QED) is 0.582. The van der Waals surface area contributed by atoms with Gasteiger partial charge in [0.15, 0.2) is 4.34 Å². The first-order chi connectivity index (χ1) is 12.2. The number of anilines is 1. The average Bonchev–Trinajstić information content (AvgIpc) is 3.09. The van der Waals surface area contributed by atoms with Gasteiger partial charge in [-0.15, -0.1) is 21.5 Å². The van der Waals surface area contributed by atoms with Crippen LogP contribution in [0.1, 0.15) is 31.1 Å². The largest absolute Gasteiger partial charge is 0.360 e. The van der Waals surface area contributed by atoms with Gasteiger partial charge in [-0.25, -0.2) is 0 Å². The summed E-state index contributed by atoms with van der Waals surface area (Å²) >= 11 is 4.79. The van der Waals surface area contributed by atoms with Crippen molar-refractivity contribution in [1.29, 1.82) is 0 Å². The third-order valence-corrected chi connectivity index (χ3v) is 6.91. The lowest BCUT2D eigenvalue weighted by molar-refractivity contribution is -0.128.